The largest absolute Gasteiger partial charge is 0.305 e. The van der Waals surface area contributed by atoms with E-state index in [0.29, 0.717) is 16.0 Å². The second-order valence-corrected chi connectivity index (χ2v) is 5.45. The Morgan fingerprint density at radius 2 is 2.11 bits per heavy atom. The van der Waals surface area contributed by atoms with Crippen molar-refractivity contribution in [3.8, 4) is 17.5 Å². The normalized spacial score (nSPS) is 12.1. The monoisotopic (exact) mass is 278 g/mol. The molecular weight excluding hydrogens is 268 g/mol. The van der Waals surface area contributed by atoms with Crippen LogP contribution in [0.4, 0.5) is 0 Å². The number of nitrogens with zero attached hydrogens (tertiary/aromatic N) is 4. The Morgan fingerprint density at radius 1 is 1.39 bits per heavy atom. The number of rotatable bonds is 3. The molecule has 2 rings (SSSR count). The summed E-state index contributed by atoms with van der Waals surface area (Å²) >= 11 is 7.51. The van der Waals surface area contributed by atoms with Gasteiger partial charge in [-0.15, -0.1) is 10.2 Å². The lowest BCUT2D eigenvalue weighted by Gasteiger charge is -2.05. The average molecular weight is 279 g/mol. The molecule has 0 bridgehead atoms. The van der Waals surface area contributed by atoms with E-state index in [1.54, 1.807) is 0 Å². The molecule has 0 saturated heterocycles. The predicted octanol–water partition coefficient (Wildman–Crippen LogP) is 3.14. The molecule has 0 unspecified atom stereocenters. The molecule has 0 N–H and O–H groups in total. The molecule has 0 amide bonds. The minimum atomic E-state index is -0.160. The van der Waals surface area contributed by atoms with Gasteiger partial charge >= 0.3 is 0 Å². The zero-order valence-electron chi connectivity index (χ0n) is 9.96. The number of hydrogen-bond acceptors (Lipinski definition) is 4. The van der Waals surface area contributed by atoms with Crippen LogP contribution < -0.4 is 0 Å². The quantitative estimate of drug-likeness (QED) is 0.810. The third kappa shape index (κ3) is 2.50. The standard InChI is InChI=1S/C12H11ClN4S/c1-8(7-14)18-12-16-15-11(17(12)2)9-5-3-4-6-10(9)13/h3-6,8H,1-2H3/t8-/m1/s1. The van der Waals surface area contributed by atoms with E-state index in [1.807, 2.05) is 42.8 Å². The molecule has 2 aromatic rings. The van der Waals surface area contributed by atoms with Crippen molar-refractivity contribution >= 4 is 23.4 Å². The Bertz CT molecular complexity index is 602. The first kappa shape index (κ1) is 12.9. The van der Waals surface area contributed by atoms with E-state index in [0.717, 1.165) is 5.56 Å². The van der Waals surface area contributed by atoms with Crippen molar-refractivity contribution < 1.29 is 0 Å². The van der Waals surface area contributed by atoms with Crippen molar-refractivity contribution in [3.05, 3.63) is 29.3 Å². The molecule has 0 fully saturated rings. The Morgan fingerprint density at radius 3 is 2.78 bits per heavy atom. The van der Waals surface area contributed by atoms with E-state index in [-0.39, 0.29) is 5.25 Å². The lowest BCUT2D eigenvalue weighted by molar-refractivity contribution is 0.792. The van der Waals surface area contributed by atoms with Crippen LogP contribution in [0.15, 0.2) is 29.4 Å². The van der Waals surface area contributed by atoms with Crippen LogP contribution in [0.5, 0.6) is 0 Å². The highest BCUT2D eigenvalue weighted by Gasteiger charge is 2.15. The van der Waals surface area contributed by atoms with Gasteiger partial charge in [-0.1, -0.05) is 35.5 Å². The van der Waals surface area contributed by atoms with Crippen molar-refractivity contribution in [1.82, 2.24) is 14.8 Å². The van der Waals surface area contributed by atoms with Crippen LogP contribution in [0.2, 0.25) is 5.02 Å². The molecule has 1 heterocycles. The Hall–Kier alpha value is -1.51. The van der Waals surface area contributed by atoms with Gasteiger partial charge in [-0.25, -0.2) is 0 Å². The van der Waals surface area contributed by atoms with Crippen LogP contribution in [0.1, 0.15) is 6.92 Å². The van der Waals surface area contributed by atoms with Crippen LogP contribution in [-0.4, -0.2) is 20.0 Å². The molecule has 1 aromatic heterocycles. The van der Waals surface area contributed by atoms with Gasteiger partial charge in [-0.05, 0) is 19.1 Å². The van der Waals surface area contributed by atoms with Gasteiger partial charge in [-0.3, -0.25) is 0 Å². The van der Waals surface area contributed by atoms with E-state index >= 15 is 0 Å². The fourth-order valence-electron chi connectivity index (χ4n) is 1.48. The average Bonchev–Trinajstić information content (AvgIpc) is 2.72. The van der Waals surface area contributed by atoms with Crippen LogP contribution in [0.3, 0.4) is 0 Å². The molecule has 4 nitrogen and oxygen atoms in total. The summed E-state index contributed by atoms with van der Waals surface area (Å²) in [5, 5.41) is 18.2. The molecule has 0 spiro atoms. The molecule has 18 heavy (non-hydrogen) atoms. The van der Waals surface area contributed by atoms with Gasteiger partial charge < -0.3 is 4.57 Å². The van der Waals surface area contributed by atoms with Gasteiger partial charge in [0, 0.05) is 12.6 Å². The molecule has 6 heteroatoms. The number of aromatic nitrogens is 3. The molecule has 0 aliphatic heterocycles. The zero-order valence-corrected chi connectivity index (χ0v) is 11.5. The van der Waals surface area contributed by atoms with E-state index in [1.165, 1.54) is 11.8 Å². The predicted molar refractivity (Wildman–Crippen MR) is 72.4 cm³/mol. The van der Waals surface area contributed by atoms with Crippen molar-refractivity contribution in [2.45, 2.75) is 17.3 Å². The van der Waals surface area contributed by atoms with E-state index in [2.05, 4.69) is 16.3 Å². The Labute approximate surface area is 115 Å². The van der Waals surface area contributed by atoms with Gasteiger partial charge in [-0.2, -0.15) is 5.26 Å². The van der Waals surface area contributed by atoms with Crippen molar-refractivity contribution in [1.29, 1.82) is 5.26 Å². The molecule has 0 aliphatic carbocycles. The molecular formula is C12H11ClN4S. The molecule has 92 valence electrons. The summed E-state index contributed by atoms with van der Waals surface area (Å²) in [5.41, 5.74) is 0.839. The lowest BCUT2D eigenvalue weighted by atomic mass is 10.2. The maximum atomic E-state index is 8.81. The van der Waals surface area contributed by atoms with Crippen LogP contribution in [0, 0.1) is 11.3 Å². The van der Waals surface area contributed by atoms with Gasteiger partial charge in [0.1, 0.15) is 0 Å². The summed E-state index contributed by atoms with van der Waals surface area (Å²) in [6.07, 6.45) is 0. The Kier molecular flexibility index (Phi) is 3.90. The maximum Gasteiger partial charge on any atom is 0.192 e. The summed E-state index contributed by atoms with van der Waals surface area (Å²) in [7, 11) is 1.87. The molecule has 1 aromatic carbocycles. The SMILES string of the molecule is C[C@H](C#N)Sc1nnc(-c2ccccc2Cl)n1C. The number of nitriles is 1. The lowest BCUT2D eigenvalue weighted by Crippen LogP contribution is -1.98. The molecule has 0 radical (unpaired) electrons. The second-order valence-electron chi connectivity index (χ2n) is 3.73. The second kappa shape index (κ2) is 5.42. The van der Waals surface area contributed by atoms with E-state index < -0.39 is 0 Å². The highest BCUT2D eigenvalue weighted by atomic mass is 35.5. The van der Waals surface area contributed by atoms with E-state index in [9.17, 15) is 0 Å². The smallest absolute Gasteiger partial charge is 0.192 e. The number of hydrogen-bond donors (Lipinski definition) is 0. The first-order chi connectivity index (χ1) is 8.63. The topological polar surface area (TPSA) is 54.5 Å². The summed E-state index contributed by atoms with van der Waals surface area (Å²) in [5.74, 6) is 0.702. The first-order valence-electron chi connectivity index (χ1n) is 5.34. The zero-order chi connectivity index (χ0) is 13.1. The highest BCUT2D eigenvalue weighted by Crippen LogP contribution is 2.29. The number of thioether (sulfide) groups is 1. The summed E-state index contributed by atoms with van der Waals surface area (Å²) in [6, 6.07) is 9.64. The van der Waals surface area contributed by atoms with Gasteiger partial charge in [0.15, 0.2) is 11.0 Å². The van der Waals surface area contributed by atoms with Crippen LogP contribution >= 0.6 is 23.4 Å². The molecule has 1 atom stereocenters. The van der Waals surface area contributed by atoms with Crippen molar-refractivity contribution in [3.63, 3.8) is 0 Å². The van der Waals surface area contributed by atoms with Crippen LogP contribution in [-0.2, 0) is 7.05 Å². The molecule has 0 saturated carbocycles. The number of halogens is 1. The van der Waals surface area contributed by atoms with Gasteiger partial charge in [0.05, 0.1) is 16.3 Å². The van der Waals surface area contributed by atoms with Crippen molar-refractivity contribution in [2.24, 2.45) is 7.05 Å². The summed E-state index contributed by atoms with van der Waals surface area (Å²) in [4.78, 5) is 0. The van der Waals surface area contributed by atoms with Crippen LogP contribution in [0.25, 0.3) is 11.4 Å². The molecule has 0 aliphatic rings. The summed E-state index contributed by atoms with van der Waals surface area (Å²) < 4.78 is 1.85. The van der Waals surface area contributed by atoms with E-state index in [4.69, 9.17) is 16.9 Å². The van der Waals surface area contributed by atoms with Crippen molar-refractivity contribution in [2.75, 3.05) is 0 Å². The minimum absolute atomic E-state index is 0.160. The van der Waals surface area contributed by atoms with Gasteiger partial charge in [0.2, 0.25) is 0 Å². The Balaban J connectivity index is 2.38. The number of benzene rings is 1. The minimum Gasteiger partial charge on any atom is -0.305 e. The third-order valence-corrected chi connectivity index (χ3v) is 3.77. The summed E-state index contributed by atoms with van der Waals surface area (Å²) in [6.45, 7) is 1.83. The van der Waals surface area contributed by atoms with Gasteiger partial charge in [0.25, 0.3) is 0 Å². The third-order valence-electron chi connectivity index (χ3n) is 2.41. The maximum absolute atomic E-state index is 8.81. The fourth-order valence-corrected chi connectivity index (χ4v) is 2.40. The first-order valence-corrected chi connectivity index (χ1v) is 6.60. The highest BCUT2D eigenvalue weighted by molar-refractivity contribution is 8.00. The fraction of sp³-hybridized carbons (Fsp3) is 0.250.